The maximum absolute atomic E-state index is 11.7. The molecule has 0 spiro atoms. The second kappa shape index (κ2) is 8.38. The van der Waals surface area contributed by atoms with Crippen LogP contribution >= 0.6 is 0 Å². The highest BCUT2D eigenvalue weighted by atomic mass is 16.4. The van der Waals surface area contributed by atoms with Gasteiger partial charge in [-0.25, -0.2) is 0 Å². The molecule has 0 amide bonds. The number of rotatable bonds is 5. The van der Waals surface area contributed by atoms with Crippen molar-refractivity contribution in [3.8, 4) is 0 Å². The van der Waals surface area contributed by atoms with Crippen LogP contribution in [0.1, 0.15) is 55.3 Å². The number of carboxylic acids is 1. The van der Waals surface area contributed by atoms with Crippen LogP contribution < -0.4 is 0 Å². The van der Waals surface area contributed by atoms with Gasteiger partial charge < -0.3 is 5.11 Å². The highest BCUT2D eigenvalue weighted by Crippen LogP contribution is 2.34. The van der Waals surface area contributed by atoms with E-state index in [2.05, 4.69) is 85.5 Å². The molecule has 0 aliphatic carbocycles. The first kappa shape index (κ1) is 19.7. The summed E-state index contributed by atoms with van der Waals surface area (Å²) in [5, 5.41) is 12.0. The van der Waals surface area contributed by atoms with Crippen LogP contribution in [0.2, 0.25) is 0 Å². The Balaban J connectivity index is 1.76. The predicted octanol–water partition coefficient (Wildman–Crippen LogP) is 5.85. The first-order valence-electron chi connectivity index (χ1n) is 10.6. The minimum atomic E-state index is -0.679. The van der Waals surface area contributed by atoms with E-state index in [0.29, 0.717) is 12.5 Å². The molecular weight excluding hydrogens is 358 g/mol. The Morgan fingerprint density at radius 3 is 2.28 bits per heavy atom. The van der Waals surface area contributed by atoms with Crippen molar-refractivity contribution < 1.29 is 9.90 Å². The minimum Gasteiger partial charge on any atom is -0.481 e. The Kier molecular flexibility index (Phi) is 5.68. The molecule has 0 aromatic heterocycles. The van der Waals surface area contributed by atoms with Crippen molar-refractivity contribution in [3.63, 3.8) is 0 Å². The quantitative estimate of drug-likeness (QED) is 0.597. The van der Waals surface area contributed by atoms with E-state index >= 15 is 0 Å². The van der Waals surface area contributed by atoms with Gasteiger partial charge in [0.05, 0.1) is 12.0 Å². The summed E-state index contributed by atoms with van der Waals surface area (Å²) in [5.41, 5.74) is 3.79. The molecule has 2 unspecified atom stereocenters. The normalized spacial score (nSPS) is 18.8. The summed E-state index contributed by atoms with van der Waals surface area (Å²) in [6.07, 6.45) is 1.69. The van der Waals surface area contributed by atoms with E-state index in [4.69, 9.17) is 0 Å². The van der Waals surface area contributed by atoms with Crippen LogP contribution in [-0.2, 0) is 4.79 Å². The number of benzene rings is 3. The van der Waals surface area contributed by atoms with Gasteiger partial charge in [0.2, 0.25) is 0 Å². The fraction of sp³-hybridized carbons (Fsp3) is 0.346. The highest BCUT2D eigenvalue weighted by molar-refractivity contribution is 5.83. The maximum Gasteiger partial charge on any atom is 0.307 e. The Bertz CT molecular complexity index is 993. The predicted molar refractivity (Wildman–Crippen MR) is 118 cm³/mol. The summed E-state index contributed by atoms with van der Waals surface area (Å²) in [4.78, 5) is 14.0. The number of nitrogens with zero attached hydrogens (tertiary/aromatic N) is 1. The van der Waals surface area contributed by atoms with Gasteiger partial charge in [-0.3, -0.25) is 9.69 Å². The second-order valence-electron chi connectivity index (χ2n) is 8.50. The lowest BCUT2D eigenvalue weighted by atomic mass is 9.89. The van der Waals surface area contributed by atoms with Crippen molar-refractivity contribution in [2.24, 2.45) is 5.92 Å². The maximum atomic E-state index is 11.7. The summed E-state index contributed by atoms with van der Waals surface area (Å²) in [7, 11) is 0. The zero-order valence-electron chi connectivity index (χ0n) is 17.2. The first-order chi connectivity index (χ1) is 14.0. The van der Waals surface area contributed by atoms with Gasteiger partial charge in [-0.2, -0.15) is 0 Å². The van der Waals surface area contributed by atoms with Gasteiger partial charge in [0.1, 0.15) is 0 Å². The monoisotopic (exact) mass is 387 g/mol. The van der Waals surface area contributed by atoms with Gasteiger partial charge in [-0.15, -0.1) is 0 Å². The van der Waals surface area contributed by atoms with Gasteiger partial charge in [0.15, 0.2) is 0 Å². The number of piperidine rings is 1. The molecule has 3 nitrogen and oxygen atoms in total. The van der Waals surface area contributed by atoms with Crippen LogP contribution in [0.4, 0.5) is 0 Å². The summed E-state index contributed by atoms with van der Waals surface area (Å²) in [5.74, 6) is -0.474. The Morgan fingerprint density at radius 1 is 0.931 bits per heavy atom. The molecule has 3 aromatic rings. The van der Waals surface area contributed by atoms with E-state index in [-0.39, 0.29) is 12.0 Å². The van der Waals surface area contributed by atoms with Crippen molar-refractivity contribution in [1.29, 1.82) is 0 Å². The first-order valence-corrected chi connectivity index (χ1v) is 10.6. The number of hydrogen-bond donors (Lipinski definition) is 1. The minimum absolute atomic E-state index is 0.0722. The standard InChI is InChI=1S/C26H29NO2/c1-18(2)19-9-12-21(13-10-19)25(27-15-5-8-24(17-27)26(28)29)23-14-11-20-6-3-4-7-22(20)16-23/h3-4,6-7,9-14,16,18,24-25H,5,8,15,17H2,1-2H3,(H,28,29). The fourth-order valence-electron chi connectivity index (χ4n) is 4.50. The van der Waals surface area contributed by atoms with Gasteiger partial charge >= 0.3 is 5.97 Å². The molecule has 4 rings (SSSR count). The zero-order valence-corrected chi connectivity index (χ0v) is 17.2. The molecule has 1 aliphatic rings. The Morgan fingerprint density at radius 2 is 1.59 bits per heavy atom. The molecule has 3 heteroatoms. The van der Waals surface area contributed by atoms with Crippen molar-refractivity contribution in [3.05, 3.63) is 83.4 Å². The lowest BCUT2D eigenvalue weighted by Gasteiger charge is -2.37. The Labute approximate surface area is 173 Å². The number of hydrogen-bond acceptors (Lipinski definition) is 2. The van der Waals surface area contributed by atoms with Gasteiger partial charge in [0.25, 0.3) is 0 Å². The largest absolute Gasteiger partial charge is 0.481 e. The lowest BCUT2D eigenvalue weighted by Crippen LogP contribution is -2.41. The van der Waals surface area contributed by atoms with Crippen LogP contribution in [0.25, 0.3) is 10.8 Å². The highest BCUT2D eigenvalue weighted by Gasteiger charge is 2.31. The summed E-state index contributed by atoms with van der Waals surface area (Å²) >= 11 is 0. The van der Waals surface area contributed by atoms with Crippen molar-refractivity contribution in [2.75, 3.05) is 13.1 Å². The molecule has 1 fully saturated rings. The van der Waals surface area contributed by atoms with Crippen LogP contribution in [0.3, 0.4) is 0 Å². The molecule has 1 N–H and O–H groups in total. The van der Waals surface area contributed by atoms with Gasteiger partial charge in [0, 0.05) is 6.54 Å². The van der Waals surface area contributed by atoms with E-state index in [0.717, 1.165) is 19.4 Å². The third-order valence-electron chi connectivity index (χ3n) is 6.18. The number of carboxylic acid groups (broad SMARTS) is 1. The molecule has 29 heavy (non-hydrogen) atoms. The summed E-state index contributed by atoms with van der Waals surface area (Å²) in [6.45, 7) is 5.93. The van der Waals surface area contributed by atoms with Gasteiger partial charge in [-0.05, 0) is 58.8 Å². The average Bonchev–Trinajstić information content (AvgIpc) is 2.74. The molecule has 3 aromatic carbocycles. The molecule has 150 valence electrons. The second-order valence-corrected chi connectivity index (χ2v) is 8.50. The smallest absolute Gasteiger partial charge is 0.307 e. The van der Waals surface area contributed by atoms with Crippen LogP contribution in [0.5, 0.6) is 0 Å². The fourth-order valence-corrected chi connectivity index (χ4v) is 4.50. The van der Waals surface area contributed by atoms with E-state index in [9.17, 15) is 9.90 Å². The van der Waals surface area contributed by atoms with Crippen molar-refractivity contribution in [1.82, 2.24) is 4.90 Å². The number of carbonyl (C=O) groups is 1. The summed E-state index contributed by atoms with van der Waals surface area (Å²) < 4.78 is 0. The molecule has 1 aliphatic heterocycles. The molecular formula is C26H29NO2. The topological polar surface area (TPSA) is 40.5 Å². The van der Waals surface area contributed by atoms with E-state index < -0.39 is 5.97 Å². The third-order valence-corrected chi connectivity index (χ3v) is 6.18. The Hall–Kier alpha value is -2.65. The average molecular weight is 388 g/mol. The van der Waals surface area contributed by atoms with Crippen LogP contribution in [0.15, 0.2) is 66.7 Å². The molecule has 0 radical (unpaired) electrons. The van der Waals surface area contributed by atoms with Crippen LogP contribution in [0, 0.1) is 5.92 Å². The third kappa shape index (κ3) is 4.20. The van der Waals surface area contributed by atoms with Crippen molar-refractivity contribution >= 4 is 16.7 Å². The molecule has 0 bridgehead atoms. The molecule has 2 atom stereocenters. The number of fused-ring (bicyclic) bond motifs is 1. The molecule has 0 saturated carbocycles. The number of aliphatic carboxylic acids is 1. The number of likely N-dealkylation sites (tertiary alicyclic amines) is 1. The van der Waals surface area contributed by atoms with Gasteiger partial charge in [-0.1, -0.05) is 74.5 Å². The zero-order chi connectivity index (χ0) is 20.4. The van der Waals surface area contributed by atoms with Crippen LogP contribution in [-0.4, -0.2) is 29.1 Å². The van der Waals surface area contributed by atoms with E-state index in [1.54, 1.807) is 0 Å². The SMILES string of the molecule is CC(C)c1ccc(C(c2ccc3ccccc3c2)N2CCCC(C(=O)O)C2)cc1. The van der Waals surface area contributed by atoms with E-state index in [1.165, 1.54) is 27.5 Å². The van der Waals surface area contributed by atoms with Crippen molar-refractivity contribution in [2.45, 2.75) is 38.6 Å². The molecule has 1 heterocycles. The molecule has 1 saturated heterocycles. The summed E-state index contributed by atoms with van der Waals surface area (Å²) in [6, 6.07) is 24.0. The van der Waals surface area contributed by atoms with E-state index in [1.807, 2.05) is 0 Å². The lowest BCUT2D eigenvalue weighted by molar-refractivity contribution is -0.143.